The molecule has 0 saturated heterocycles. The van der Waals surface area contributed by atoms with Gasteiger partial charge in [-0.3, -0.25) is 4.79 Å². The number of hydrogen-bond donors (Lipinski definition) is 2. The maximum absolute atomic E-state index is 11.9. The van der Waals surface area contributed by atoms with Crippen molar-refractivity contribution in [2.24, 2.45) is 0 Å². The largest absolute Gasteiger partial charge is 0.495 e. The third-order valence-electron chi connectivity index (χ3n) is 2.22. The average Bonchev–Trinajstić information content (AvgIpc) is 2.78. The predicted molar refractivity (Wildman–Crippen MR) is 80.2 cm³/mol. The maximum atomic E-state index is 11.9. The molecular weight excluding hydrogens is 334 g/mol. The van der Waals surface area contributed by atoms with Gasteiger partial charge in [0.05, 0.1) is 16.5 Å². The van der Waals surface area contributed by atoms with E-state index in [9.17, 15) is 4.79 Å². The van der Waals surface area contributed by atoms with Gasteiger partial charge in [0.1, 0.15) is 5.75 Å². The number of carbonyl (C=O) groups is 1. The van der Waals surface area contributed by atoms with E-state index in [1.165, 1.54) is 11.3 Å². The first-order valence-electron chi connectivity index (χ1n) is 5.02. The Hall–Kier alpha value is -0.980. The van der Waals surface area contributed by atoms with Crippen molar-refractivity contribution in [3.8, 4) is 5.75 Å². The van der Waals surface area contributed by atoms with Crippen molar-refractivity contribution in [2.75, 3.05) is 12.4 Å². The summed E-state index contributed by atoms with van der Waals surface area (Å²) in [5.41, 5.74) is 0.689. The molecule has 1 aromatic heterocycles. The molecule has 94 valence electrons. The van der Waals surface area contributed by atoms with Gasteiger partial charge in [-0.2, -0.15) is 0 Å². The van der Waals surface area contributed by atoms with E-state index in [0.29, 0.717) is 16.3 Å². The molecule has 3 nitrogen and oxygen atoms in total. The summed E-state index contributed by atoms with van der Waals surface area (Å²) in [6.45, 7) is 0. The van der Waals surface area contributed by atoms with Gasteiger partial charge >= 0.3 is 0 Å². The van der Waals surface area contributed by atoms with Crippen molar-refractivity contribution in [1.29, 1.82) is 0 Å². The van der Waals surface area contributed by atoms with Crippen LogP contribution in [-0.4, -0.2) is 13.0 Å². The number of nitrogens with one attached hydrogen (secondary N) is 1. The lowest BCUT2D eigenvalue weighted by atomic mass is 10.3. The zero-order valence-corrected chi connectivity index (χ0v) is 12.7. The Bertz CT molecular complexity index is 583. The van der Waals surface area contributed by atoms with Gasteiger partial charge in [-0.05, 0) is 34.1 Å². The summed E-state index contributed by atoms with van der Waals surface area (Å²) in [4.78, 5) is 13.3. The second kappa shape index (κ2) is 5.77. The second-order valence-electron chi connectivity index (χ2n) is 3.47. The van der Waals surface area contributed by atoms with Crippen LogP contribution in [0.1, 0.15) is 9.67 Å². The number of methoxy groups -OCH3 is 1. The molecular formula is C12H10BrNO2S2. The SMILES string of the molecule is COc1cc(NC(=O)c2cc(S)cs2)ccc1Br. The Balaban J connectivity index is 2.16. The highest BCUT2D eigenvalue weighted by molar-refractivity contribution is 9.10. The van der Waals surface area contributed by atoms with Crippen molar-refractivity contribution in [3.05, 3.63) is 39.0 Å². The van der Waals surface area contributed by atoms with E-state index in [1.54, 1.807) is 25.3 Å². The topological polar surface area (TPSA) is 38.3 Å². The van der Waals surface area contributed by atoms with Crippen LogP contribution in [0.4, 0.5) is 5.69 Å². The third-order valence-corrected chi connectivity index (χ3v) is 4.24. The molecule has 0 fully saturated rings. The fraction of sp³-hybridized carbons (Fsp3) is 0.0833. The molecule has 0 spiro atoms. The Morgan fingerprint density at radius 1 is 1.44 bits per heavy atom. The molecule has 0 saturated carbocycles. The predicted octanol–water partition coefficient (Wildman–Crippen LogP) is 4.06. The first-order chi connectivity index (χ1) is 8.60. The number of rotatable bonds is 3. The van der Waals surface area contributed by atoms with E-state index < -0.39 is 0 Å². The van der Waals surface area contributed by atoms with Crippen molar-refractivity contribution in [3.63, 3.8) is 0 Å². The first kappa shape index (κ1) is 13.5. The first-order valence-corrected chi connectivity index (χ1v) is 7.14. The van der Waals surface area contributed by atoms with E-state index in [2.05, 4.69) is 33.9 Å². The standard InChI is InChI=1S/C12H10BrNO2S2/c1-16-10-4-7(2-3-9(10)13)14-12(15)11-5-8(17)6-18-11/h2-6,17H,1H3,(H,14,15). The molecule has 2 aromatic rings. The molecule has 1 heterocycles. The molecule has 6 heteroatoms. The number of thiol groups is 1. The zero-order valence-electron chi connectivity index (χ0n) is 9.44. The minimum Gasteiger partial charge on any atom is -0.495 e. The Morgan fingerprint density at radius 3 is 2.83 bits per heavy atom. The third kappa shape index (κ3) is 3.07. The van der Waals surface area contributed by atoms with Crippen LogP contribution in [0.2, 0.25) is 0 Å². The number of ether oxygens (including phenoxy) is 1. The molecule has 1 amide bonds. The van der Waals surface area contributed by atoms with Gasteiger partial charge in [-0.25, -0.2) is 0 Å². The molecule has 2 rings (SSSR count). The average molecular weight is 344 g/mol. The number of carbonyl (C=O) groups excluding carboxylic acids is 1. The minimum absolute atomic E-state index is 0.148. The Labute approximate surface area is 123 Å². The van der Waals surface area contributed by atoms with E-state index >= 15 is 0 Å². The molecule has 0 aliphatic heterocycles. The Morgan fingerprint density at radius 2 is 2.22 bits per heavy atom. The summed E-state index contributed by atoms with van der Waals surface area (Å²) in [6.07, 6.45) is 0. The van der Waals surface area contributed by atoms with Crippen LogP contribution in [0.3, 0.4) is 0 Å². The van der Waals surface area contributed by atoms with Gasteiger partial charge < -0.3 is 10.1 Å². The van der Waals surface area contributed by atoms with Crippen molar-refractivity contribution in [1.82, 2.24) is 0 Å². The van der Waals surface area contributed by atoms with E-state index in [-0.39, 0.29) is 5.91 Å². The number of halogens is 1. The highest BCUT2D eigenvalue weighted by Crippen LogP contribution is 2.28. The van der Waals surface area contributed by atoms with Gasteiger partial charge in [-0.15, -0.1) is 24.0 Å². The molecule has 1 N–H and O–H groups in total. The minimum atomic E-state index is -0.148. The number of thiophene rings is 1. The van der Waals surface area contributed by atoms with Gasteiger partial charge in [0.15, 0.2) is 0 Å². The van der Waals surface area contributed by atoms with Gasteiger partial charge in [-0.1, -0.05) is 0 Å². The number of hydrogen-bond acceptors (Lipinski definition) is 4. The molecule has 0 aliphatic rings. The van der Waals surface area contributed by atoms with Crippen molar-refractivity contribution < 1.29 is 9.53 Å². The summed E-state index contributed by atoms with van der Waals surface area (Å²) in [7, 11) is 1.58. The fourth-order valence-corrected chi connectivity index (χ4v) is 2.83. The quantitative estimate of drug-likeness (QED) is 0.824. The second-order valence-corrected chi connectivity index (χ2v) is 5.75. The molecule has 18 heavy (non-hydrogen) atoms. The monoisotopic (exact) mass is 343 g/mol. The normalized spacial score (nSPS) is 10.2. The molecule has 0 aliphatic carbocycles. The molecule has 0 unspecified atom stereocenters. The van der Waals surface area contributed by atoms with Gasteiger partial charge in [0.25, 0.3) is 5.91 Å². The summed E-state index contributed by atoms with van der Waals surface area (Å²) < 4.78 is 6.01. The van der Waals surface area contributed by atoms with Crippen LogP contribution in [0.25, 0.3) is 0 Å². The van der Waals surface area contributed by atoms with E-state index in [0.717, 1.165) is 9.37 Å². The molecule has 0 radical (unpaired) electrons. The maximum Gasteiger partial charge on any atom is 0.265 e. The van der Waals surface area contributed by atoms with Gasteiger partial charge in [0.2, 0.25) is 0 Å². The zero-order chi connectivity index (χ0) is 13.1. The number of anilines is 1. The fourth-order valence-electron chi connectivity index (χ4n) is 1.38. The molecule has 1 aromatic carbocycles. The molecule has 0 bridgehead atoms. The van der Waals surface area contributed by atoms with E-state index in [4.69, 9.17) is 4.74 Å². The highest BCUT2D eigenvalue weighted by Gasteiger charge is 2.09. The van der Waals surface area contributed by atoms with Crippen molar-refractivity contribution in [2.45, 2.75) is 4.90 Å². The summed E-state index contributed by atoms with van der Waals surface area (Å²) in [5, 5.41) is 4.63. The van der Waals surface area contributed by atoms with Crippen molar-refractivity contribution >= 4 is 51.5 Å². The van der Waals surface area contributed by atoms with Crippen LogP contribution in [0, 0.1) is 0 Å². The Kier molecular flexibility index (Phi) is 4.31. The molecule has 0 atom stereocenters. The van der Waals surface area contributed by atoms with Crippen LogP contribution in [0.15, 0.2) is 39.0 Å². The summed E-state index contributed by atoms with van der Waals surface area (Å²) in [5.74, 6) is 0.526. The lowest BCUT2D eigenvalue weighted by Crippen LogP contribution is -2.10. The lowest BCUT2D eigenvalue weighted by Gasteiger charge is -2.07. The van der Waals surface area contributed by atoms with Crippen LogP contribution >= 0.6 is 39.9 Å². The number of benzene rings is 1. The van der Waals surface area contributed by atoms with Crippen LogP contribution in [-0.2, 0) is 0 Å². The lowest BCUT2D eigenvalue weighted by molar-refractivity contribution is 0.103. The van der Waals surface area contributed by atoms with Crippen LogP contribution in [0.5, 0.6) is 5.75 Å². The smallest absolute Gasteiger partial charge is 0.265 e. The number of amides is 1. The van der Waals surface area contributed by atoms with Crippen LogP contribution < -0.4 is 10.1 Å². The summed E-state index contributed by atoms with van der Waals surface area (Å²) >= 11 is 8.90. The highest BCUT2D eigenvalue weighted by atomic mass is 79.9. The van der Waals surface area contributed by atoms with Gasteiger partial charge in [0, 0.05) is 22.0 Å². The summed E-state index contributed by atoms with van der Waals surface area (Å²) in [6, 6.07) is 7.13. The van der Waals surface area contributed by atoms with E-state index in [1.807, 2.05) is 11.4 Å².